The van der Waals surface area contributed by atoms with Gasteiger partial charge in [-0.1, -0.05) is 65.8 Å². The van der Waals surface area contributed by atoms with E-state index < -0.39 is 10.0 Å². The van der Waals surface area contributed by atoms with Crippen LogP contribution >= 0.6 is 23.4 Å². The van der Waals surface area contributed by atoms with Crippen LogP contribution in [0.5, 0.6) is 5.75 Å². The maximum Gasteiger partial charge on any atom is 0.268 e. The molecular weight excluding hydrogens is 544 g/mol. The number of carbonyl (C=O) groups is 1. The summed E-state index contributed by atoms with van der Waals surface area (Å²) in [7, 11) is -2.36. The van der Waals surface area contributed by atoms with Crippen LogP contribution in [-0.4, -0.2) is 37.2 Å². The molecule has 0 saturated carbocycles. The van der Waals surface area contributed by atoms with E-state index in [0.29, 0.717) is 33.7 Å². The Kier molecular flexibility index (Phi) is 7.55. The number of sulfonamides is 1. The third-order valence-electron chi connectivity index (χ3n) is 5.91. The smallest absolute Gasteiger partial charge is 0.268 e. The minimum absolute atomic E-state index is 0.00933. The molecule has 1 aliphatic rings. The van der Waals surface area contributed by atoms with Crippen molar-refractivity contribution < 1.29 is 17.9 Å². The van der Waals surface area contributed by atoms with Gasteiger partial charge in [0.05, 0.1) is 37.0 Å². The Morgan fingerprint density at radius 3 is 2.63 bits per heavy atom. The van der Waals surface area contributed by atoms with Crippen molar-refractivity contribution in [2.45, 2.75) is 23.1 Å². The second-order valence-electron chi connectivity index (χ2n) is 8.44. The van der Waals surface area contributed by atoms with Crippen LogP contribution in [-0.2, 0) is 27.9 Å². The molecule has 1 aliphatic heterocycles. The van der Waals surface area contributed by atoms with Gasteiger partial charge in [0.1, 0.15) is 10.6 Å². The van der Waals surface area contributed by atoms with Crippen molar-refractivity contribution in [2.75, 3.05) is 17.2 Å². The summed E-state index contributed by atoms with van der Waals surface area (Å²) in [5.41, 5.74) is 3.10. The lowest BCUT2D eigenvalue weighted by Crippen LogP contribution is -2.34. The summed E-state index contributed by atoms with van der Waals surface area (Å²) < 4.78 is 33.8. The molecule has 0 spiro atoms. The maximum absolute atomic E-state index is 13.6. The second-order valence-corrected chi connectivity index (χ2v) is 11.7. The predicted molar refractivity (Wildman–Crippen MR) is 148 cm³/mol. The van der Waals surface area contributed by atoms with Gasteiger partial charge in [-0.25, -0.2) is 18.4 Å². The number of hydrogen-bond acceptors (Lipinski definition) is 7. The number of hydrogen-bond donors (Lipinski definition) is 1. The molecular formula is C27H23ClN4O4S2. The zero-order valence-corrected chi connectivity index (χ0v) is 22.7. The third kappa shape index (κ3) is 5.47. The summed E-state index contributed by atoms with van der Waals surface area (Å²) >= 11 is 7.39. The normalized spacial score (nSPS) is 13.4. The Hall–Kier alpha value is -3.60. The number of anilines is 1. The quantitative estimate of drug-likeness (QED) is 0.238. The zero-order chi connectivity index (χ0) is 26.7. The topological polar surface area (TPSA) is 101 Å². The van der Waals surface area contributed by atoms with E-state index in [4.69, 9.17) is 16.3 Å². The number of benzene rings is 3. The van der Waals surface area contributed by atoms with Gasteiger partial charge in [-0.05, 0) is 41.5 Å². The molecule has 11 heteroatoms. The van der Waals surface area contributed by atoms with Crippen molar-refractivity contribution in [1.29, 1.82) is 0 Å². The summed E-state index contributed by atoms with van der Waals surface area (Å²) in [5.74, 6) is 0.587. The average molecular weight is 567 g/mol. The van der Waals surface area contributed by atoms with Crippen molar-refractivity contribution >= 4 is 45.0 Å². The summed E-state index contributed by atoms with van der Waals surface area (Å²) in [4.78, 5) is 21.3. The van der Waals surface area contributed by atoms with Gasteiger partial charge in [0.2, 0.25) is 5.91 Å². The van der Waals surface area contributed by atoms with E-state index in [1.54, 1.807) is 25.3 Å². The third-order valence-corrected chi connectivity index (χ3v) is 8.77. The van der Waals surface area contributed by atoms with Gasteiger partial charge in [-0.3, -0.25) is 9.10 Å². The van der Waals surface area contributed by atoms with Gasteiger partial charge in [-0.2, -0.15) is 0 Å². The standard InChI is InChI=1S/C27H23ClN4O4S2/c1-36-21-9-5-8-19(12-21)14-29-25(33)17-37-27-30-15-24-26(31-27)22-11-10-20(28)13-23(22)32(38(24,34)35)16-18-6-3-2-4-7-18/h2-13,15H,14,16-17H2,1H3,(H,29,33). The van der Waals surface area contributed by atoms with Crippen molar-refractivity contribution in [3.05, 3.63) is 95.1 Å². The summed E-state index contributed by atoms with van der Waals surface area (Å²) in [5, 5.41) is 3.57. The number of thioether (sulfide) groups is 1. The first-order chi connectivity index (χ1) is 18.3. The molecule has 0 atom stereocenters. The maximum atomic E-state index is 13.6. The molecule has 0 aliphatic carbocycles. The Morgan fingerprint density at radius 1 is 1.05 bits per heavy atom. The lowest BCUT2D eigenvalue weighted by Gasteiger charge is -2.31. The van der Waals surface area contributed by atoms with Crippen molar-refractivity contribution in [3.63, 3.8) is 0 Å². The molecule has 0 fully saturated rings. The SMILES string of the molecule is COc1cccc(CNC(=O)CSc2ncc3c(n2)-c2ccc(Cl)cc2N(Cc2ccccc2)S3(=O)=O)c1. The van der Waals surface area contributed by atoms with E-state index in [-0.39, 0.29) is 28.8 Å². The fourth-order valence-corrected chi connectivity index (χ4v) is 6.41. The molecule has 1 amide bonds. The molecule has 0 radical (unpaired) electrons. The predicted octanol–water partition coefficient (Wildman–Crippen LogP) is 4.92. The lowest BCUT2D eigenvalue weighted by molar-refractivity contribution is -0.118. The van der Waals surface area contributed by atoms with Gasteiger partial charge >= 0.3 is 0 Å². The first-order valence-corrected chi connectivity index (χ1v) is 14.4. The molecule has 38 heavy (non-hydrogen) atoms. The lowest BCUT2D eigenvalue weighted by atomic mass is 10.1. The van der Waals surface area contributed by atoms with E-state index in [9.17, 15) is 13.2 Å². The summed E-state index contributed by atoms with van der Waals surface area (Å²) in [6.07, 6.45) is 1.31. The molecule has 0 bridgehead atoms. The Labute approximate surface area is 230 Å². The highest BCUT2D eigenvalue weighted by Gasteiger charge is 2.37. The van der Waals surface area contributed by atoms with Crippen LogP contribution in [0.4, 0.5) is 5.69 Å². The first-order valence-electron chi connectivity index (χ1n) is 11.6. The van der Waals surface area contributed by atoms with Crippen molar-refractivity contribution in [3.8, 4) is 17.0 Å². The van der Waals surface area contributed by atoms with Crippen LogP contribution in [0.15, 0.2) is 89.0 Å². The average Bonchev–Trinajstić information content (AvgIpc) is 2.93. The minimum atomic E-state index is -3.95. The van der Waals surface area contributed by atoms with Gasteiger partial charge in [0.25, 0.3) is 10.0 Å². The zero-order valence-electron chi connectivity index (χ0n) is 20.3. The van der Waals surface area contributed by atoms with E-state index in [2.05, 4.69) is 15.3 Å². The first kappa shape index (κ1) is 26.0. The highest BCUT2D eigenvalue weighted by molar-refractivity contribution is 7.99. The van der Waals surface area contributed by atoms with Gasteiger partial charge in [0, 0.05) is 17.1 Å². The molecule has 0 unspecified atom stereocenters. The largest absolute Gasteiger partial charge is 0.497 e. The monoisotopic (exact) mass is 566 g/mol. The number of rotatable bonds is 8. The molecule has 3 aromatic carbocycles. The molecule has 8 nitrogen and oxygen atoms in total. The number of halogens is 1. The number of methoxy groups -OCH3 is 1. The highest BCUT2D eigenvalue weighted by Crippen LogP contribution is 2.44. The minimum Gasteiger partial charge on any atom is -0.497 e. The van der Waals surface area contributed by atoms with Crippen molar-refractivity contribution in [2.24, 2.45) is 0 Å². The van der Waals surface area contributed by atoms with Crippen LogP contribution in [0.25, 0.3) is 11.3 Å². The molecule has 0 saturated heterocycles. The number of amides is 1. The van der Waals surface area contributed by atoms with Gasteiger partial charge < -0.3 is 10.1 Å². The number of nitrogens with zero attached hydrogens (tertiary/aromatic N) is 3. The highest BCUT2D eigenvalue weighted by atomic mass is 35.5. The van der Waals surface area contributed by atoms with E-state index in [1.807, 2.05) is 54.6 Å². The molecule has 5 rings (SSSR count). The number of aromatic nitrogens is 2. The van der Waals surface area contributed by atoms with E-state index in [1.165, 1.54) is 10.5 Å². The second kappa shape index (κ2) is 11.0. The van der Waals surface area contributed by atoms with Gasteiger partial charge in [-0.15, -0.1) is 0 Å². The fraction of sp³-hybridized carbons (Fsp3) is 0.148. The van der Waals surface area contributed by atoms with Gasteiger partial charge in [0.15, 0.2) is 5.16 Å². The molecule has 1 aromatic heterocycles. The number of carbonyl (C=O) groups excluding carboxylic acids is 1. The Balaban J connectivity index is 1.36. The molecule has 2 heterocycles. The van der Waals surface area contributed by atoms with Crippen LogP contribution in [0, 0.1) is 0 Å². The van der Waals surface area contributed by atoms with Crippen LogP contribution < -0.4 is 14.4 Å². The summed E-state index contributed by atoms with van der Waals surface area (Å²) in [6.45, 7) is 0.491. The number of nitrogens with one attached hydrogen (secondary N) is 1. The fourth-order valence-electron chi connectivity index (χ4n) is 4.05. The van der Waals surface area contributed by atoms with Crippen LogP contribution in [0.2, 0.25) is 5.02 Å². The summed E-state index contributed by atoms with van der Waals surface area (Å²) in [6, 6.07) is 21.8. The van der Waals surface area contributed by atoms with Crippen LogP contribution in [0.3, 0.4) is 0 Å². The molecule has 194 valence electrons. The molecule has 4 aromatic rings. The number of ether oxygens (including phenoxy) is 1. The van der Waals surface area contributed by atoms with E-state index >= 15 is 0 Å². The molecule has 1 N–H and O–H groups in total. The Morgan fingerprint density at radius 2 is 1.84 bits per heavy atom. The van der Waals surface area contributed by atoms with Crippen molar-refractivity contribution in [1.82, 2.24) is 15.3 Å². The Bertz CT molecular complexity index is 1600. The van der Waals surface area contributed by atoms with E-state index in [0.717, 1.165) is 22.9 Å². The number of fused-ring (bicyclic) bond motifs is 3. The van der Waals surface area contributed by atoms with Crippen LogP contribution in [0.1, 0.15) is 11.1 Å².